The van der Waals surface area contributed by atoms with Crippen LogP contribution in [0.25, 0.3) is 11.3 Å². The largest absolute Gasteiger partial charge is 0.462 e. The van der Waals surface area contributed by atoms with Gasteiger partial charge in [0.05, 0.1) is 12.2 Å². The predicted molar refractivity (Wildman–Crippen MR) is 102 cm³/mol. The Hall–Kier alpha value is -2.92. The zero-order valence-electron chi connectivity index (χ0n) is 14.8. The molecule has 0 aliphatic heterocycles. The molecule has 0 bridgehead atoms. The second-order valence-corrected chi connectivity index (χ2v) is 6.09. The summed E-state index contributed by atoms with van der Waals surface area (Å²) < 4.78 is 5.25. The molecule has 0 saturated carbocycles. The summed E-state index contributed by atoms with van der Waals surface area (Å²) in [4.78, 5) is 19.9. The van der Waals surface area contributed by atoms with Crippen molar-refractivity contribution >= 4 is 5.97 Å². The van der Waals surface area contributed by atoms with Gasteiger partial charge in [0.15, 0.2) is 0 Å². The molecule has 5 heteroatoms. The quantitative estimate of drug-likeness (QED) is 0.639. The highest BCUT2D eigenvalue weighted by Gasteiger charge is 2.23. The maximum absolute atomic E-state index is 12.5. The topological polar surface area (TPSA) is 81.0 Å². The van der Waals surface area contributed by atoms with E-state index in [2.05, 4.69) is 22.1 Å². The third kappa shape index (κ3) is 4.00. The standard InChI is InChI=1S/C21H23N3O2/c1-2-26-21(25)18-13-19(16-8-10-23-11-9-16)24-20(18)17(14-22)12-15-6-4-3-5-7-15/h3-11,13,17,24H,2,12,14,22H2,1H3. The number of esters is 1. The molecule has 3 rings (SSSR count). The Morgan fingerprint density at radius 1 is 1.19 bits per heavy atom. The van der Waals surface area contributed by atoms with E-state index in [1.54, 1.807) is 19.3 Å². The van der Waals surface area contributed by atoms with E-state index in [9.17, 15) is 4.79 Å². The van der Waals surface area contributed by atoms with E-state index in [1.165, 1.54) is 5.56 Å². The number of aromatic amines is 1. The first-order valence-corrected chi connectivity index (χ1v) is 8.77. The van der Waals surface area contributed by atoms with E-state index in [-0.39, 0.29) is 11.9 Å². The van der Waals surface area contributed by atoms with Crippen molar-refractivity contribution in [3.8, 4) is 11.3 Å². The Morgan fingerprint density at radius 2 is 1.92 bits per heavy atom. The van der Waals surface area contributed by atoms with Crippen molar-refractivity contribution in [2.24, 2.45) is 5.73 Å². The van der Waals surface area contributed by atoms with Crippen LogP contribution in [0.2, 0.25) is 0 Å². The van der Waals surface area contributed by atoms with Gasteiger partial charge in [0.1, 0.15) is 0 Å². The number of rotatable bonds is 7. The summed E-state index contributed by atoms with van der Waals surface area (Å²) in [6, 6.07) is 15.8. The lowest BCUT2D eigenvalue weighted by Gasteiger charge is -2.15. The van der Waals surface area contributed by atoms with Gasteiger partial charge in [-0.05, 0) is 37.1 Å². The molecule has 5 nitrogen and oxygen atoms in total. The summed E-state index contributed by atoms with van der Waals surface area (Å²) >= 11 is 0. The lowest BCUT2D eigenvalue weighted by atomic mass is 9.94. The molecule has 0 saturated heterocycles. The number of nitrogens with zero attached hydrogens (tertiary/aromatic N) is 1. The van der Waals surface area contributed by atoms with Crippen molar-refractivity contribution in [1.29, 1.82) is 0 Å². The molecule has 26 heavy (non-hydrogen) atoms. The van der Waals surface area contributed by atoms with Crippen LogP contribution in [-0.2, 0) is 11.2 Å². The van der Waals surface area contributed by atoms with Gasteiger partial charge in [-0.1, -0.05) is 30.3 Å². The second-order valence-electron chi connectivity index (χ2n) is 6.09. The van der Waals surface area contributed by atoms with Crippen LogP contribution in [0.1, 0.15) is 34.5 Å². The fourth-order valence-corrected chi connectivity index (χ4v) is 3.06. The lowest BCUT2D eigenvalue weighted by molar-refractivity contribution is 0.0524. The van der Waals surface area contributed by atoms with Crippen LogP contribution in [0.15, 0.2) is 60.9 Å². The Morgan fingerprint density at radius 3 is 2.58 bits per heavy atom. The minimum absolute atomic E-state index is 0.00704. The van der Waals surface area contributed by atoms with E-state index in [0.29, 0.717) is 18.7 Å². The first-order chi connectivity index (χ1) is 12.7. The van der Waals surface area contributed by atoms with Crippen LogP contribution in [0.5, 0.6) is 0 Å². The molecule has 0 spiro atoms. The molecule has 0 aliphatic carbocycles. The van der Waals surface area contributed by atoms with Crippen LogP contribution in [0, 0.1) is 0 Å². The summed E-state index contributed by atoms with van der Waals surface area (Å²) in [5.74, 6) is -0.335. The lowest BCUT2D eigenvalue weighted by Crippen LogP contribution is -2.18. The predicted octanol–water partition coefficient (Wildman–Crippen LogP) is 3.54. The summed E-state index contributed by atoms with van der Waals surface area (Å²) in [5, 5.41) is 0. The smallest absolute Gasteiger partial charge is 0.339 e. The molecule has 1 aromatic carbocycles. The van der Waals surface area contributed by atoms with E-state index < -0.39 is 0 Å². The molecule has 0 radical (unpaired) electrons. The van der Waals surface area contributed by atoms with Gasteiger partial charge in [-0.2, -0.15) is 0 Å². The summed E-state index contributed by atoms with van der Waals surface area (Å²) in [6.45, 7) is 2.57. The van der Waals surface area contributed by atoms with Crippen molar-refractivity contribution in [3.63, 3.8) is 0 Å². The van der Waals surface area contributed by atoms with Gasteiger partial charge >= 0.3 is 5.97 Å². The number of carbonyl (C=O) groups is 1. The monoisotopic (exact) mass is 349 g/mol. The number of benzene rings is 1. The van der Waals surface area contributed by atoms with Gasteiger partial charge in [-0.25, -0.2) is 4.79 Å². The van der Waals surface area contributed by atoms with Gasteiger partial charge in [-0.15, -0.1) is 0 Å². The summed E-state index contributed by atoms with van der Waals surface area (Å²) in [7, 11) is 0. The summed E-state index contributed by atoms with van der Waals surface area (Å²) in [5.41, 5.74) is 10.4. The average Bonchev–Trinajstić information content (AvgIpc) is 3.13. The number of ether oxygens (including phenoxy) is 1. The highest BCUT2D eigenvalue weighted by Crippen LogP contribution is 2.29. The van der Waals surface area contributed by atoms with Crippen LogP contribution in [0.3, 0.4) is 0 Å². The highest BCUT2D eigenvalue weighted by molar-refractivity contribution is 5.92. The Balaban J connectivity index is 1.99. The van der Waals surface area contributed by atoms with E-state index in [1.807, 2.05) is 36.4 Å². The Labute approximate surface area is 153 Å². The van der Waals surface area contributed by atoms with E-state index in [4.69, 9.17) is 10.5 Å². The minimum atomic E-state index is -0.328. The van der Waals surface area contributed by atoms with Gasteiger partial charge < -0.3 is 15.5 Å². The van der Waals surface area contributed by atoms with E-state index in [0.717, 1.165) is 23.4 Å². The van der Waals surface area contributed by atoms with Crippen molar-refractivity contribution < 1.29 is 9.53 Å². The maximum atomic E-state index is 12.5. The van der Waals surface area contributed by atoms with Gasteiger partial charge in [0.2, 0.25) is 0 Å². The molecule has 0 fully saturated rings. The first kappa shape index (κ1) is 17.9. The molecule has 1 unspecified atom stereocenters. The average molecular weight is 349 g/mol. The molecule has 134 valence electrons. The van der Waals surface area contributed by atoms with Crippen molar-refractivity contribution in [2.75, 3.05) is 13.2 Å². The Kier molecular flexibility index (Phi) is 5.81. The Bertz CT molecular complexity index is 844. The van der Waals surface area contributed by atoms with Gasteiger partial charge in [0.25, 0.3) is 0 Å². The van der Waals surface area contributed by atoms with Crippen molar-refractivity contribution in [2.45, 2.75) is 19.3 Å². The van der Waals surface area contributed by atoms with Gasteiger partial charge in [0, 0.05) is 41.8 Å². The molecule has 0 aliphatic rings. The number of nitrogens with one attached hydrogen (secondary N) is 1. The van der Waals surface area contributed by atoms with Gasteiger partial charge in [-0.3, -0.25) is 4.98 Å². The third-order valence-corrected chi connectivity index (χ3v) is 4.35. The normalized spacial score (nSPS) is 11.9. The highest BCUT2D eigenvalue weighted by atomic mass is 16.5. The van der Waals surface area contributed by atoms with Crippen LogP contribution >= 0.6 is 0 Å². The molecule has 3 N–H and O–H groups in total. The first-order valence-electron chi connectivity index (χ1n) is 8.77. The molecular weight excluding hydrogens is 326 g/mol. The third-order valence-electron chi connectivity index (χ3n) is 4.35. The zero-order valence-corrected chi connectivity index (χ0v) is 14.8. The second kappa shape index (κ2) is 8.45. The maximum Gasteiger partial charge on any atom is 0.339 e. The number of nitrogens with two attached hydrogens (primary N) is 1. The molecule has 2 aromatic heterocycles. The van der Waals surface area contributed by atoms with Crippen molar-refractivity contribution in [3.05, 3.63) is 77.7 Å². The van der Waals surface area contributed by atoms with Crippen LogP contribution < -0.4 is 5.73 Å². The molecule has 0 amide bonds. The number of carbonyl (C=O) groups excluding carboxylic acids is 1. The number of aromatic nitrogens is 2. The van der Waals surface area contributed by atoms with Crippen LogP contribution in [-0.4, -0.2) is 29.1 Å². The van der Waals surface area contributed by atoms with Crippen molar-refractivity contribution in [1.82, 2.24) is 9.97 Å². The molecular formula is C21H23N3O2. The van der Waals surface area contributed by atoms with E-state index >= 15 is 0 Å². The fraction of sp³-hybridized carbons (Fsp3) is 0.238. The summed E-state index contributed by atoms with van der Waals surface area (Å²) in [6.07, 6.45) is 4.20. The fourth-order valence-electron chi connectivity index (χ4n) is 3.06. The number of hydrogen-bond donors (Lipinski definition) is 2. The minimum Gasteiger partial charge on any atom is -0.462 e. The zero-order chi connectivity index (χ0) is 18.4. The molecule has 3 aromatic rings. The van der Waals surface area contributed by atoms with Crippen LogP contribution in [0.4, 0.5) is 0 Å². The number of hydrogen-bond acceptors (Lipinski definition) is 4. The molecule has 1 atom stereocenters. The number of pyridine rings is 1. The number of H-pyrrole nitrogens is 1. The SMILES string of the molecule is CCOC(=O)c1cc(-c2ccncc2)[nH]c1C(CN)Cc1ccccc1. The molecule has 2 heterocycles.